The van der Waals surface area contributed by atoms with Crippen LogP contribution in [-0.4, -0.2) is 16.0 Å². The first kappa shape index (κ1) is 12.6. The minimum atomic E-state index is -0.104. The molecule has 5 nitrogen and oxygen atoms in total. The number of carbonyl (C=O) groups is 1. The number of nitrogens with zero attached hydrogens (tertiary/aromatic N) is 2. The van der Waals surface area contributed by atoms with E-state index >= 15 is 0 Å². The normalized spacial score (nSPS) is 10.3. The molecule has 0 aliphatic rings. The molecule has 1 aromatic heterocycles. The molecular formula is C12H12ClN3O2. The molecule has 0 bridgehead atoms. The standard InChI is InChI=1S/C12H12ClN3O2/c1-8-15-12(18-16-8)7-14-11(17)6-9-2-4-10(13)5-3-9/h2-5H,6-7H2,1H3,(H,14,17). The van der Waals surface area contributed by atoms with Crippen molar-refractivity contribution in [1.29, 1.82) is 0 Å². The van der Waals surface area contributed by atoms with Crippen molar-refractivity contribution in [3.05, 3.63) is 46.6 Å². The van der Waals surface area contributed by atoms with E-state index in [9.17, 15) is 4.79 Å². The fourth-order valence-corrected chi connectivity index (χ4v) is 1.56. The van der Waals surface area contributed by atoms with Gasteiger partial charge in [0, 0.05) is 5.02 Å². The van der Waals surface area contributed by atoms with Gasteiger partial charge in [0.05, 0.1) is 13.0 Å². The monoisotopic (exact) mass is 265 g/mol. The SMILES string of the molecule is Cc1noc(CNC(=O)Cc2ccc(Cl)cc2)n1. The highest BCUT2D eigenvalue weighted by atomic mass is 35.5. The van der Waals surface area contributed by atoms with Crippen molar-refractivity contribution < 1.29 is 9.32 Å². The molecule has 0 spiro atoms. The Labute approximate surface area is 109 Å². The number of amides is 1. The topological polar surface area (TPSA) is 68.0 Å². The number of benzene rings is 1. The highest BCUT2D eigenvalue weighted by Gasteiger charge is 2.06. The molecule has 1 amide bonds. The molecule has 1 aromatic carbocycles. The summed E-state index contributed by atoms with van der Waals surface area (Å²) in [5.74, 6) is 0.849. The van der Waals surface area contributed by atoms with Gasteiger partial charge in [0.25, 0.3) is 0 Å². The zero-order chi connectivity index (χ0) is 13.0. The number of aryl methyl sites for hydroxylation is 1. The number of carbonyl (C=O) groups excluding carboxylic acids is 1. The van der Waals surface area contributed by atoms with E-state index in [0.717, 1.165) is 5.56 Å². The number of aromatic nitrogens is 2. The highest BCUT2D eigenvalue weighted by Crippen LogP contribution is 2.09. The summed E-state index contributed by atoms with van der Waals surface area (Å²) >= 11 is 5.76. The second kappa shape index (κ2) is 5.64. The van der Waals surface area contributed by atoms with Crippen LogP contribution in [0.1, 0.15) is 17.3 Å². The third-order valence-electron chi connectivity index (χ3n) is 2.28. The molecule has 0 radical (unpaired) electrons. The lowest BCUT2D eigenvalue weighted by molar-refractivity contribution is -0.120. The van der Waals surface area contributed by atoms with Crippen molar-refractivity contribution in [1.82, 2.24) is 15.5 Å². The van der Waals surface area contributed by atoms with E-state index in [2.05, 4.69) is 15.5 Å². The van der Waals surface area contributed by atoms with Crippen molar-refractivity contribution >= 4 is 17.5 Å². The minimum Gasteiger partial charge on any atom is -0.347 e. The lowest BCUT2D eigenvalue weighted by atomic mass is 10.1. The summed E-state index contributed by atoms with van der Waals surface area (Å²) in [6.45, 7) is 1.97. The Balaban J connectivity index is 1.83. The average Bonchev–Trinajstić information content (AvgIpc) is 2.76. The number of nitrogens with one attached hydrogen (secondary N) is 1. The second-order valence-corrected chi connectivity index (χ2v) is 4.25. The fourth-order valence-electron chi connectivity index (χ4n) is 1.44. The van der Waals surface area contributed by atoms with Crippen molar-refractivity contribution in [2.75, 3.05) is 0 Å². The average molecular weight is 266 g/mol. The van der Waals surface area contributed by atoms with Gasteiger partial charge in [0.2, 0.25) is 11.8 Å². The predicted molar refractivity (Wildman–Crippen MR) is 66.0 cm³/mol. The number of hydrogen-bond donors (Lipinski definition) is 1. The number of rotatable bonds is 4. The zero-order valence-corrected chi connectivity index (χ0v) is 10.6. The van der Waals surface area contributed by atoms with Crippen LogP contribution < -0.4 is 5.32 Å². The van der Waals surface area contributed by atoms with Crippen molar-refractivity contribution in [2.45, 2.75) is 19.9 Å². The van der Waals surface area contributed by atoms with Gasteiger partial charge in [-0.2, -0.15) is 4.98 Å². The highest BCUT2D eigenvalue weighted by molar-refractivity contribution is 6.30. The van der Waals surface area contributed by atoms with Crippen LogP contribution in [0.5, 0.6) is 0 Å². The Bertz CT molecular complexity index is 537. The van der Waals surface area contributed by atoms with Gasteiger partial charge in [0.15, 0.2) is 5.82 Å². The van der Waals surface area contributed by atoms with Crippen LogP contribution >= 0.6 is 11.6 Å². The van der Waals surface area contributed by atoms with E-state index in [1.807, 2.05) is 12.1 Å². The van der Waals surface area contributed by atoms with Crippen molar-refractivity contribution in [3.63, 3.8) is 0 Å². The smallest absolute Gasteiger partial charge is 0.246 e. The van der Waals surface area contributed by atoms with Gasteiger partial charge in [-0.1, -0.05) is 28.9 Å². The lowest BCUT2D eigenvalue weighted by Crippen LogP contribution is -2.24. The van der Waals surface area contributed by atoms with Crippen molar-refractivity contribution in [2.24, 2.45) is 0 Å². The first-order chi connectivity index (χ1) is 8.63. The molecule has 1 heterocycles. The van der Waals surface area contributed by atoms with E-state index < -0.39 is 0 Å². The van der Waals surface area contributed by atoms with E-state index in [1.54, 1.807) is 19.1 Å². The summed E-state index contributed by atoms with van der Waals surface area (Å²) in [4.78, 5) is 15.6. The number of hydrogen-bond acceptors (Lipinski definition) is 4. The Hall–Kier alpha value is -1.88. The van der Waals surface area contributed by atoms with Gasteiger partial charge in [-0.15, -0.1) is 0 Å². The maximum Gasteiger partial charge on any atom is 0.246 e. The molecule has 0 saturated heterocycles. The molecule has 0 fully saturated rings. The largest absolute Gasteiger partial charge is 0.347 e. The second-order valence-electron chi connectivity index (χ2n) is 3.82. The Morgan fingerprint density at radius 1 is 1.39 bits per heavy atom. The van der Waals surface area contributed by atoms with E-state index in [0.29, 0.717) is 23.2 Å². The molecule has 0 atom stereocenters. The Morgan fingerprint density at radius 3 is 2.72 bits per heavy atom. The van der Waals surface area contributed by atoms with E-state index in [-0.39, 0.29) is 12.5 Å². The first-order valence-electron chi connectivity index (χ1n) is 5.44. The summed E-state index contributed by atoms with van der Waals surface area (Å²) in [5, 5.41) is 7.00. The maximum absolute atomic E-state index is 11.6. The van der Waals surface area contributed by atoms with Crippen LogP contribution in [-0.2, 0) is 17.8 Å². The minimum absolute atomic E-state index is 0.104. The van der Waals surface area contributed by atoms with E-state index in [4.69, 9.17) is 16.1 Å². The Morgan fingerprint density at radius 2 is 2.11 bits per heavy atom. The van der Waals surface area contributed by atoms with Gasteiger partial charge in [-0.3, -0.25) is 4.79 Å². The molecule has 6 heteroatoms. The predicted octanol–water partition coefficient (Wildman–Crippen LogP) is 1.89. The quantitative estimate of drug-likeness (QED) is 0.917. The third-order valence-corrected chi connectivity index (χ3v) is 2.54. The summed E-state index contributed by atoms with van der Waals surface area (Å²) in [7, 11) is 0. The molecule has 0 saturated carbocycles. The van der Waals surface area contributed by atoms with Crippen LogP contribution in [0.2, 0.25) is 5.02 Å². The Kier molecular flexibility index (Phi) is 3.94. The van der Waals surface area contributed by atoms with Crippen molar-refractivity contribution in [3.8, 4) is 0 Å². The number of halogens is 1. The fraction of sp³-hybridized carbons (Fsp3) is 0.250. The summed E-state index contributed by atoms with van der Waals surface area (Å²) in [5.41, 5.74) is 0.901. The molecular weight excluding hydrogens is 254 g/mol. The molecule has 18 heavy (non-hydrogen) atoms. The zero-order valence-electron chi connectivity index (χ0n) is 9.81. The van der Waals surface area contributed by atoms with Crippen LogP contribution in [0.15, 0.2) is 28.8 Å². The van der Waals surface area contributed by atoms with Gasteiger partial charge >= 0.3 is 0 Å². The van der Waals surface area contributed by atoms with Crippen LogP contribution in [0.25, 0.3) is 0 Å². The molecule has 0 aliphatic heterocycles. The first-order valence-corrected chi connectivity index (χ1v) is 5.81. The van der Waals surface area contributed by atoms with Crippen LogP contribution in [0, 0.1) is 6.92 Å². The summed E-state index contributed by atoms with van der Waals surface area (Å²) < 4.78 is 4.89. The lowest BCUT2D eigenvalue weighted by Gasteiger charge is -2.02. The third kappa shape index (κ3) is 3.56. The van der Waals surface area contributed by atoms with Crippen LogP contribution in [0.3, 0.4) is 0 Å². The van der Waals surface area contributed by atoms with Crippen LogP contribution in [0.4, 0.5) is 0 Å². The van der Waals surface area contributed by atoms with Gasteiger partial charge in [-0.05, 0) is 24.6 Å². The molecule has 2 rings (SSSR count). The molecule has 1 N–H and O–H groups in total. The summed E-state index contributed by atoms with van der Waals surface area (Å²) in [6.07, 6.45) is 0.296. The molecule has 0 aliphatic carbocycles. The maximum atomic E-state index is 11.6. The van der Waals surface area contributed by atoms with Gasteiger partial charge in [0.1, 0.15) is 0 Å². The molecule has 0 unspecified atom stereocenters. The molecule has 94 valence electrons. The van der Waals surface area contributed by atoms with E-state index in [1.165, 1.54) is 0 Å². The summed E-state index contributed by atoms with van der Waals surface area (Å²) in [6, 6.07) is 7.15. The van der Waals surface area contributed by atoms with Gasteiger partial charge < -0.3 is 9.84 Å². The van der Waals surface area contributed by atoms with Gasteiger partial charge in [-0.25, -0.2) is 0 Å². The molecule has 2 aromatic rings.